The molecular weight excluding hydrogens is 412 g/mol. The van der Waals surface area contributed by atoms with Crippen molar-refractivity contribution in [3.05, 3.63) is 65.0 Å². The van der Waals surface area contributed by atoms with Crippen LogP contribution in [0.2, 0.25) is 0 Å². The van der Waals surface area contributed by atoms with Gasteiger partial charge in [0.25, 0.3) is 0 Å². The lowest BCUT2D eigenvalue weighted by Gasteiger charge is -2.14. The maximum atomic E-state index is 5.54. The van der Waals surface area contributed by atoms with Crippen LogP contribution in [-0.2, 0) is 13.1 Å². The van der Waals surface area contributed by atoms with Crippen LogP contribution in [0.4, 0.5) is 11.8 Å². The Hall–Kier alpha value is -3.52. The zero-order valence-corrected chi connectivity index (χ0v) is 18.5. The summed E-state index contributed by atoms with van der Waals surface area (Å²) in [7, 11) is 4.94. The van der Waals surface area contributed by atoms with E-state index in [1.165, 1.54) is 0 Å². The highest BCUT2D eigenvalue weighted by Gasteiger charge is 2.13. The van der Waals surface area contributed by atoms with Crippen LogP contribution < -0.4 is 24.8 Å². The third-order valence-corrected chi connectivity index (χ3v) is 5.77. The van der Waals surface area contributed by atoms with Crippen LogP contribution in [-0.4, -0.2) is 31.3 Å². The smallest absolute Gasteiger partial charge is 0.225 e. The van der Waals surface area contributed by atoms with Crippen LogP contribution in [0, 0.1) is 0 Å². The Balaban J connectivity index is 1.57. The van der Waals surface area contributed by atoms with Crippen LogP contribution >= 0.6 is 11.3 Å². The van der Waals surface area contributed by atoms with Crippen LogP contribution in [0.15, 0.2) is 53.9 Å². The molecule has 0 aliphatic heterocycles. The molecule has 0 aliphatic rings. The summed E-state index contributed by atoms with van der Waals surface area (Å²) in [5.41, 5.74) is 2.91. The van der Waals surface area contributed by atoms with Gasteiger partial charge >= 0.3 is 0 Å². The first-order valence-electron chi connectivity index (χ1n) is 9.78. The molecule has 0 radical (unpaired) electrons. The minimum Gasteiger partial charge on any atom is -0.496 e. The molecule has 0 amide bonds. The number of aromatic nitrogens is 2. The number of hydrogen-bond acceptors (Lipinski definition) is 8. The van der Waals surface area contributed by atoms with E-state index in [4.69, 9.17) is 19.2 Å². The molecule has 2 N–H and O–H groups in total. The Labute approximate surface area is 185 Å². The van der Waals surface area contributed by atoms with Crippen molar-refractivity contribution in [1.29, 1.82) is 0 Å². The summed E-state index contributed by atoms with van der Waals surface area (Å²) >= 11 is 1.60. The van der Waals surface area contributed by atoms with Crippen LogP contribution in [0.1, 0.15) is 11.1 Å². The molecule has 0 spiro atoms. The molecule has 0 atom stereocenters. The second-order valence-electron chi connectivity index (χ2n) is 6.70. The van der Waals surface area contributed by atoms with Gasteiger partial charge in [-0.2, -0.15) is 4.98 Å². The van der Waals surface area contributed by atoms with Crippen molar-refractivity contribution < 1.29 is 14.2 Å². The SMILES string of the molecule is COc1ccccc1CNc1nc(NCc2cccc(OC)c2OC)c2sccc2n1. The molecule has 8 heteroatoms. The Kier molecular flexibility index (Phi) is 6.37. The molecule has 0 fully saturated rings. The van der Waals surface area contributed by atoms with Gasteiger partial charge in [0.2, 0.25) is 5.95 Å². The molecule has 2 aromatic heterocycles. The predicted octanol–water partition coefficient (Wildman–Crippen LogP) is 4.94. The fraction of sp³-hybridized carbons (Fsp3) is 0.217. The van der Waals surface area contributed by atoms with Gasteiger partial charge in [-0.15, -0.1) is 11.3 Å². The zero-order valence-electron chi connectivity index (χ0n) is 17.6. The van der Waals surface area contributed by atoms with Gasteiger partial charge in [0.05, 0.1) is 31.5 Å². The molecule has 31 heavy (non-hydrogen) atoms. The van der Waals surface area contributed by atoms with Gasteiger partial charge in [0.1, 0.15) is 11.6 Å². The van der Waals surface area contributed by atoms with Gasteiger partial charge in [0, 0.05) is 24.2 Å². The fourth-order valence-corrected chi connectivity index (χ4v) is 4.15. The van der Waals surface area contributed by atoms with Crippen molar-refractivity contribution in [2.45, 2.75) is 13.1 Å². The third-order valence-electron chi connectivity index (χ3n) is 4.86. The lowest BCUT2D eigenvalue weighted by Crippen LogP contribution is -2.08. The van der Waals surface area contributed by atoms with Crippen molar-refractivity contribution in [1.82, 2.24) is 9.97 Å². The molecule has 2 aromatic carbocycles. The molecular formula is C23H24N4O3S. The Morgan fingerprint density at radius 3 is 2.32 bits per heavy atom. The summed E-state index contributed by atoms with van der Waals surface area (Å²) in [6, 6.07) is 15.7. The molecule has 0 saturated heterocycles. The highest BCUT2D eigenvalue weighted by molar-refractivity contribution is 7.17. The van der Waals surface area contributed by atoms with Crippen molar-refractivity contribution in [2.24, 2.45) is 0 Å². The minimum absolute atomic E-state index is 0.538. The number of fused-ring (bicyclic) bond motifs is 1. The van der Waals surface area contributed by atoms with Crippen LogP contribution in [0.25, 0.3) is 10.2 Å². The Morgan fingerprint density at radius 1 is 0.774 bits per heavy atom. The van der Waals surface area contributed by atoms with Crippen molar-refractivity contribution in [3.8, 4) is 17.2 Å². The summed E-state index contributed by atoms with van der Waals surface area (Å²) in [4.78, 5) is 9.37. The highest BCUT2D eigenvalue weighted by atomic mass is 32.1. The van der Waals surface area contributed by atoms with E-state index < -0.39 is 0 Å². The summed E-state index contributed by atoms with van der Waals surface area (Å²) in [6.45, 7) is 1.10. The van der Waals surface area contributed by atoms with Gasteiger partial charge in [0.15, 0.2) is 11.5 Å². The van der Waals surface area contributed by atoms with Crippen molar-refractivity contribution >= 4 is 33.3 Å². The average Bonchev–Trinajstić information content (AvgIpc) is 3.29. The first-order chi connectivity index (χ1) is 15.2. The summed E-state index contributed by atoms with van der Waals surface area (Å²) < 4.78 is 17.4. The van der Waals surface area contributed by atoms with Gasteiger partial charge in [-0.1, -0.05) is 30.3 Å². The molecule has 0 aliphatic carbocycles. The van der Waals surface area contributed by atoms with E-state index in [1.54, 1.807) is 32.7 Å². The number of hydrogen-bond donors (Lipinski definition) is 2. The molecule has 0 saturated carbocycles. The third kappa shape index (κ3) is 4.49. The number of rotatable bonds is 9. The number of anilines is 2. The van der Waals surface area contributed by atoms with Gasteiger partial charge in [-0.25, -0.2) is 4.98 Å². The summed E-state index contributed by atoms with van der Waals surface area (Å²) in [6.07, 6.45) is 0. The van der Waals surface area contributed by atoms with E-state index >= 15 is 0 Å². The second-order valence-corrected chi connectivity index (χ2v) is 7.62. The van der Waals surface area contributed by atoms with Crippen molar-refractivity contribution in [3.63, 3.8) is 0 Å². The van der Waals surface area contributed by atoms with E-state index in [0.29, 0.717) is 30.5 Å². The van der Waals surface area contributed by atoms with Crippen molar-refractivity contribution in [2.75, 3.05) is 32.0 Å². The Morgan fingerprint density at radius 2 is 1.52 bits per heavy atom. The molecule has 160 valence electrons. The molecule has 4 rings (SSSR count). The highest BCUT2D eigenvalue weighted by Crippen LogP contribution is 2.32. The van der Waals surface area contributed by atoms with E-state index in [-0.39, 0.29) is 0 Å². The van der Waals surface area contributed by atoms with E-state index in [9.17, 15) is 0 Å². The normalized spacial score (nSPS) is 10.7. The first-order valence-corrected chi connectivity index (χ1v) is 10.7. The molecule has 2 heterocycles. The lowest BCUT2D eigenvalue weighted by molar-refractivity contribution is 0.352. The zero-order chi connectivity index (χ0) is 21.6. The maximum Gasteiger partial charge on any atom is 0.225 e. The number of para-hydroxylation sites is 2. The second kappa shape index (κ2) is 9.53. The van der Waals surface area contributed by atoms with Gasteiger partial charge in [-0.3, -0.25) is 0 Å². The largest absolute Gasteiger partial charge is 0.496 e. The first kappa shape index (κ1) is 20.7. The maximum absolute atomic E-state index is 5.54. The summed E-state index contributed by atoms with van der Waals surface area (Å²) in [5, 5.41) is 8.77. The summed E-state index contributed by atoms with van der Waals surface area (Å²) in [5.74, 6) is 3.56. The van der Waals surface area contributed by atoms with E-state index in [0.717, 1.165) is 32.9 Å². The molecule has 7 nitrogen and oxygen atoms in total. The predicted molar refractivity (Wildman–Crippen MR) is 125 cm³/mol. The lowest BCUT2D eigenvalue weighted by atomic mass is 10.2. The quantitative estimate of drug-likeness (QED) is 0.385. The van der Waals surface area contributed by atoms with E-state index in [2.05, 4.69) is 15.6 Å². The number of thiophene rings is 1. The van der Waals surface area contributed by atoms with Gasteiger partial charge in [-0.05, 0) is 23.6 Å². The fourth-order valence-electron chi connectivity index (χ4n) is 3.36. The molecule has 0 bridgehead atoms. The number of nitrogens with zero attached hydrogens (tertiary/aromatic N) is 2. The average molecular weight is 437 g/mol. The van der Waals surface area contributed by atoms with Crippen LogP contribution in [0.5, 0.6) is 17.2 Å². The van der Waals surface area contributed by atoms with E-state index in [1.807, 2.05) is 53.9 Å². The number of methoxy groups -OCH3 is 3. The number of nitrogens with one attached hydrogen (secondary N) is 2. The topological polar surface area (TPSA) is 77.5 Å². The molecule has 4 aromatic rings. The van der Waals surface area contributed by atoms with Gasteiger partial charge < -0.3 is 24.8 Å². The standard InChI is InChI=1S/C23H24N4O3S/c1-28-18-9-5-4-7-15(18)13-25-23-26-17-11-12-31-21(17)22(27-23)24-14-16-8-6-10-19(29-2)20(16)30-3/h4-12H,13-14H2,1-3H3,(H2,24,25,26,27). The van der Waals surface area contributed by atoms with Crippen LogP contribution in [0.3, 0.4) is 0 Å². The molecule has 0 unspecified atom stereocenters. The Bertz CT molecular complexity index is 1180. The minimum atomic E-state index is 0.538. The number of ether oxygens (including phenoxy) is 3. The monoisotopic (exact) mass is 436 g/mol. The number of benzene rings is 2.